The highest BCUT2D eigenvalue weighted by Crippen LogP contribution is 2.37. The Morgan fingerprint density at radius 1 is 1.27 bits per heavy atom. The van der Waals surface area contributed by atoms with Crippen LogP contribution in [-0.2, 0) is 11.3 Å². The average molecular weight is 276 g/mol. The molecule has 0 bridgehead atoms. The van der Waals surface area contributed by atoms with Crippen LogP contribution in [0.4, 0.5) is 0 Å². The Balaban J connectivity index is 3.01. The number of methoxy groups -OCH3 is 2. The first kappa shape index (κ1) is 12.3. The third kappa shape index (κ3) is 2.84. The fourth-order valence-electron chi connectivity index (χ4n) is 1.32. The minimum absolute atomic E-state index is 0.454. The molecule has 1 rings (SSSR count). The predicted molar refractivity (Wildman–Crippen MR) is 61.1 cm³/mol. The van der Waals surface area contributed by atoms with Gasteiger partial charge in [0.15, 0.2) is 0 Å². The average Bonchev–Trinajstić information content (AvgIpc) is 2.26. The highest BCUT2D eigenvalue weighted by molar-refractivity contribution is 9.10. The number of halogens is 1. The molecule has 0 saturated carbocycles. The molecule has 1 aromatic carbocycles. The first-order valence-electron chi connectivity index (χ1n) is 4.45. The summed E-state index contributed by atoms with van der Waals surface area (Å²) in [6.07, 6.45) is 0.697. The van der Waals surface area contributed by atoms with Crippen molar-refractivity contribution in [1.29, 1.82) is 0 Å². The summed E-state index contributed by atoms with van der Waals surface area (Å²) in [5.41, 5.74) is 1.02. The van der Waals surface area contributed by atoms with Crippen LogP contribution in [0.25, 0.3) is 0 Å². The van der Waals surface area contributed by atoms with Crippen molar-refractivity contribution in [3.05, 3.63) is 22.2 Å². The minimum Gasteiger partial charge on any atom is -0.495 e. The van der Waals surface area contributed by atoms with Crippen molar-refractivity contribution in [3.8, 4) is 11.5 Å². The normalized spacial score (nSPS) is 10.1. The van der Waals surface area contributed by atoms with Crippen LogP contribution in [0.3, 0.4) is 0 Å². The van der Waals surface area contributed by atoms with E-state index in [0.717, 1.165) is 21.5 Å². The topological polar surface area (TPSA) is 53.7 Å². The van der Waals surface area contributed by atoms with Crippen molar-refractivity contribution in [3.63, 3.8) is 0 Å². The van der Waals surface area contributed by atoms with E-state index in [9.17, 15) is 0 Å². The summed E-state index contributed by atoms with van der Waals surface area (Å²) in [7, 11) is 3.23. The van der Waals surface area contributed by atoms with Gasteiger partial charge >= 0.3 is 0 Å². The van der Waals surface area contributed by atoms with Crippen molar-refractivity contribution in [1.82, 2.24) is 0 Å². The monoisotopic (exact) mass is 275 g/mol. The van der Waals surface area contributed by atoms with Gasteiger partial charge in [-0.05, 0) is 27.6 Å². The SMILES string of the molecule is COc1ccc(CCON)c(OC)c1Br. The smallest absolute Gasteiger partial charge is 0.140 e. The Bertz CT molecular complexity index is 331. The van der Waals surface area contributed by atoms with Gasteiger partial charge in [-0.3, -0.25) is 0 Å². The molecule has 1 aromatic rings. The van der Waals surface area contributed by atoms with Gasteiger partial charge in [0, 0.05) is 6.42 Å². The zero-order valence-electron chi connectivity index (χ0n) is 8.75. The van der Waals surface area contributed by atoms with Crippen LogP contribution in [0.5, 0.6) is 11.5 Å². The quantitative estimate of drug-likeness (QED) is 0.834. The summed E-state index contributed by atoms with van der Waals surface area (Å²) in [5, 5.41) is 0. The summed E-state index contributed by atoms with van der Waals surface area (Å²) in [4.78, 5) is 4.54. The Labute approximate surface area is 97.4 Å². The van der Waals surface area contributed by atoms with E-state index >= 15 is 0 Å². The van der Waals surface area contributed by atoms with Gasteiger partial charge in [-0.1, -0.05) is 6.07 Å². The molecule has 4 nitrogen and oxygen atoms in total. The van der Waals surface area contributed by atoms with Crippen molar-refractivity contribution in [2.75, 3.05) is 20.8 Å². The van der Waals surface area contributed by atoms with E-state index in [1.807, 2.05) is 12.1 Å². The van der Waals surface area contributed by atoms with E-state index in [2.05, 4.69) is 20.8 Å². The van der Waals surface area contributed by atoms with Gasteiger partial charge in [-0.2, -0.15) is 0 Å². The lowest BCUT2D eigenvalue weighted by atomic mass is 10.1. The number of hydrogen-bond donors (Lipinski definition) is 1. The Hall–Kier alpha value is -0.780. The van der Waals surface area contributed by atoms with Crippen molar-refractivity contribution in [2.45, 2.75) is 6.42 Å². The third-order valence-electron chi connectivity index (χ3n) is 2.06. The maximum absolute atomic E-state index is 5.29. The van der Waals surface area contributed by atoms with Gasteiger partial charge in [0.2, 0.25) is 0 Å². The lowest BCUT2D eigenvalue weighted by Crippen LogP contribution is -2.05. The molecule has 0 fully saturated rings. The molecule has 5 heteroatoms. The summed E-state index contributed by atoms with van der Waals surface area (Å²) < 4.78 is 11.3. The molecule has 0 aliphatic rings. The van der Waals surface area contributed by atoms with Crippen LogP contribution in [0.1, 0.15) is 5.56 Å². The maximum Gasteiger partial charge on any atom is 0.140 e. The first-order valence-corrected chi connectivity index (χ1v) is 5.25. The van der Waals surface area contributed by atoms with E-state index in [1.54, 1.807) is 14.2 Å². The van der Waals surface area contributed by atoms with Crippen LogP contribution in [-0.4, -0.2) is 20.8 Å². The molecule has 0 heterocycles. The standard InChI is InChI=1S/C10H14BrNO3/c1-13-8-4-3-7(5-6-15-12)10(14-2)9(8)11/h3-4H,5-6,12H2,1-2H3. The summed E-state index contributed by atoms with van der Waals surface area (Å²) >= 11 is 3.42. The molecule has 0 amide bonds. The zero-order chi connectivity index (χ0) is 11.3. The molecule has 15 heavy (non-hydrogen) atoms. The molecule has 0 saturated heterocycles. The summed E-state index contributed by atoms with van der Waals surface area (Å²) in [5.74, 6) is 6.48. The molecule has 84 valence electrons. The van der Waals surface area contributed by atoms with Crippen molar-refractivity contribution >= 4 is 15.9 Å². The molecule has 0 unspecified atom stereocenters. The number of hydrogen-bond acceptors (Lipinski definition) is 4. The second-order valence-electron chi connectivity index (χ2n) is 2.89. The molecule has 2 N–H and O–H groups in total. The molecule has 0 spiro atoms. The highest BCUT2D eigenvalue weighted by atomic mass is 79.9. The van der Waals surface area contributed by atoms with Gasteiger partial charge in [0.25, 0.3) is 0 Å². The van der Waals surface area contributed by atoms with Gasteiger partial charge < -0.3 is 14.3 Å². The summed E-state index contributed by atoms with van der Waals surface area (Å²) in [6.45, 7) is 0.454. The van der Waals surface area contributed by atoms with Gasteiger partial charge in [-0.15, -0.1) is 0 Å². The van der Waals surface area contributed by atoms with Gasteiger partial charge in [-0.25, -0.2) is 5.90 Å². The number of rotatable bonds is 5. The van der Waals surface area contributed by atoms with E-state index < -0.39 is 0 Å². The number of nitrogens with two attached hydrogens (primary N) is 1. The second kappa shape index (κ2) is 5.95. The predicted octanol–water partition coefficient (Wildman–Crippen LogP) is 1.90. The van der Waals surface area contributed by atoms with E-state index in [1.165, 1.54) is 0 Å². The van der Waals surface area contributed by atoms with Crippen LogP contribution < -0.4 is 15.4 Å². The number of benzene rings is 1. The lowest BCUT2D eigenvalue weighted by molar-refractivity contribution is 0.140. The van der Waals surface area contributed by atoms with Crippen LogP contribution in [0, 0.1) is 0 Å². The molecule has 0 aliphatic carbocycles. The summed E-state index contributed by atoms with van der Waals surface area (Å²) in [6, 6.07) is 3.81. The third-order valence-corrected chi connectivity index (χ3v) is 2.81. The highest BCUT2D eigenvalue weighted by Gasteiger charge is 2.11. The Morgan fingerprint density at radius 2 is 2.00 bits per heavy atom. The van der Waals surface area contributed by atoms with E-state index in [0.29, 0.717) is 13.0 Å². The zero-order valence-corrected chi connectivity index (χ0v) is 10.3. The fourth-order valence-corrected chi connectivity index (χ4v) is 2.03. The maximum atomic E-state index is 5.29. The number of ether oxygens (including phenoxy) is 2. The first-order chi connectivity index (χ1) is 7.24. The molecule has 0 aromatic heterocycles. The Kier molecular flexibility index (Phi) is 4.87. The van der Waals surface area contributed by atoms with Crippen LogP contribution in [0.2, 0.25) is 0 Å². The largest absolute Gasteiger partial charge is 0.495 e. The van der Waals surface area contributed by atoms with Gasteiger partial charge in [0.1, 0.15) is 16.0 Å². The molecular formula is C10H14BrNO3. The van der Waals surface area contributed by atoms with E-state index in [4.69, 9.17) is 15.4 Å². The molecule has 0 aliphatic heterocycles. The molecule has 0 atom stereocenters. The van der Waals surface area contributed by atoms with Crippen molar-refractivity contribution < 1.29 is 14.3 Å². The van der Waals surface area contributed by atoms with Crippen LogP contribution in [0.15, 0.2) is 16.6 Å². The van der Waals surface area contributed by atoms with E-state index in [-0.39, 0.29) is 0 Å². The van der Waals surface area contributed by atoms with Crippen LogP contribution >= 0.6 is 15.9 Å². The Morgan fingerprint density at radius 3 is 2.53 bits per heavy atom. The molecule has 0 radical (unpaired) electrons. The fraction of sp³-hybridized carbons (Fsp3) is 0.400. The lowest BCUT2D eigenvalue weighted by Gasteiger charge is -2.12. The molecular weight excluding hydrogens is 262 g/mol. The van der Waals surface area contributed by atoms with Crippen molar-refractivity contribution in [2.24, 2.45) is 5.90 Å². The van der Waals surface area contributed by atoms with Gasteiger partial charge in [0.05, 0.1) is 20.8 Å². The second-order valence-corrected chi connectivity index (χ2v) is 3.69. The minimum atomic E-state index is 0.454.